The second-order valence-corrected chi connectivity index (χ2v) is 9.88. The monoisotopic (exact) mass is 494 g/mol. The van der Waals surface area contributed by atoms with Gasteiger partial charge in [0, 0.05) is 11.1 Å². The molecular formula is C32H34F4. The minimum absolute atomic E-state index is 0.227. The van der Waals surface area contributed by atoms with Crippen molar-refractivity contribution in [1.82, 2.24) is 0 Å². The minimum atomic E-state index is -0.827. The highest BCUT2D eigenvalue weighted by Crippen LogP contribution is 2.34. The van der Waals surface area contributed by atoms with Crippen molar-refractivity contribution in [2.75, 3.05) is 0 Å². The van der Waals surface area contributed by atoms with Crippen LogP contribution in [0.25, 0.3) is 16.7 Å². The highest BCUT2D eigenvalue weighted by Gasteiger charge is 2.20. The molecule has 0 aliphatic heterocycles. The molecule has 1 atom stereocenters. The Kier molecular flexibility index (Phi) is 8.66. The number of hydrogen-bond donors (Lipinski definition) is 0. The van der Waals surface area contributed by atoms with Crippen LogP contribution in [0, 0.1) is 29.2 Å². The van der Waals surface area contributed by atoms with Crippen LogP contribution in [0.4, 0.5) is 17.6 Å². The first kappa shape index (κ1) is 26.2. The van der Waals surface area contributed by atoms with E-state index >= 15 is 0 Å². The third kappa shape index (κ3) is 5.74. The van der Waals surface area contributed by atoms with Gasteiger partial charge in [-0.2, -0.15) is 0 Å². The van der Waals surface area contributed by atoms with E-state index < -0.39 is 23.3 Å². The number of halogens is 4. The van der Waals surface area contributed by atoms with Gasteiger partial charge in [0.15, 0.2) is 23.3 Å². The van der Waals surface area contributed by atoms with Gasteiger partial charge >= 0.3 is 0 Å². The molecule has 1 aliphatic rings. The Morgan fingerprint density at radius 1 is 0.694 bits per heavy atom. The third-order valence-electron chi connectivity index (χ3n) is 7.52. The molecule has 190 valence electrons. The van der Waals surface area contributed by atoms with Crippen molar-refractivity contribution in [3.8, 4) is 11.1 Å². The standard InChI is InChI=1S/C32H34F4/c1-3-5-6-25-17-19-27(31(35)29(25)33)24-14-9-22(10-15-24)11-16-26-18-20-28(32(36)30(26)34)23-12-7-21(4-2)8-13-23/h9-10,12,14-15,17-21H,3-8,11,13,16H2,1-2H3. The molecule has 0 saturated carbocycles. The van der Waals surface area contributed by atoms with E-state index in [1.807, 2.05) is 19.1 Å². The number of rotatable bonds is 9. The average molecular weight is 495 g/mol. The Hall–Kier alpha value is -2.88. The third-order valence-corrected chi connectivity index (χ3v) is 7.52. The van der Waals surface area contributed by atoms with Crippen LogP contribution >= 0.6 is 0 Å². The minimum Gasteiger partial charge on any atom is -0.203 e. The fraction of sp³-hybridized carbons (Fsp3) is 0.375. The van der Waals surface area contributed by atoms with Gasteiger partial charge in [-0.25, -0.2) is 17.6 Å². The zero-order chi connectivity index (χ0) is 25.7. The topological polar surface area (TPSA) is 0 Å². The van der Waals surface area contributed by atoms with Crippen LogP contribution < -0.4 is 0 Å². The summed E-state index contributed by atoms with van der Waals surface area (Å²) in [5.41, 5.74) is 3.77. The second kappa shape index (κ2) is 11.9. The van der Waals surface area contributed by atoms with Crippen LogP contribution in [0.15, 0.2) is 54.6 Å². The maximum Gasteiger partial charge on any atom is 0.166 e. The number of benzene rings is 3. The highest BCUT2D eigenvalue weighted by atomic mass is 19.2. The first-order valence-corrected chi connectivity index (χ1v) is 13.1. The quantitative estimate of drug-likeness (QED) is 0.260. The van der Waals surface area contributed by atoms with Gasteiger partial charge in [0.05, 0.1) is 0 Å². The molecule has 3 aromatic carbocycles. The van der Waals surface area contributed by atoms with Gasteiger partial charge in [-0.1, -0.05) is 81.3 Å². The summed E-state index contributed by atoms with van der Waals surface area (Å²) in [5.74, 6) is -2.51. The fourth-order valence-corrected chi connectivity index (χ4v) is 5.04. The molecule has 0 bridgehead atoms. The Morgan fingerprint density at radius 3 is 1.94 bits per heavy atom. The van der Waals surface area contributed by atoms with Crippen LogP contribution in [0.1, 0.15) is 74.6 Å². The molecule has 0 radical (unpaired) electrons. The second-order valence-electron chi connectivity index (χ2n) is 9.88. The molecular weight excluding hydrogens is 460 g/mol. The molecule has 0 aromatic heterocycles. The summed E-state index contributed by atoms with van der Waals surface area (Å²) in [7, 11) is 0. The maximum atomic E-state index is 14.9. The summed E-state index contributed by atoms with van der Waals surface area (Å²) in [5, 5.41) is 0. The van der Waals surface area contributed by atoms with E-state index in [9.17, 15) is 17.6 Å². The predicted octanol–water partition coefficient (Wildman–Crippen LogP) is 9.63. The largest absolute Gasteiger partial charge is 0.203 e. The van der Waals surface area contributed by atoms with Crippen LogP contribution in [-0.4, -0.2) is 0 Å². The lowest BCUT2D eigenvalue weighted by atomic mass is 9.85. The van der Waals surface area contributed by atoms with Crippen molar-refractivity contribution >= 4 is 5.57 Å². The van der Waals surface area contributed by atoms with Gasteiger partial charge in [-0.05, 0) is 78.7 Å². The summed E-state index contributed by atoms with van der Waals surface area (Å²) in [6.45, 7) is 4.18. The molecule has 3 aromatic rings. The zero-order valence-corrected chi connectivity index (χ0v) is 21.1. The average Bonchev–Trinajstić information content (AvgIpc) is 2.91. The van der Waals surface area contributed by atoms with Crippen LogP contribution in [0.5, 0.6) is 0 Å². The molecule has 0 heterocycles. The molecule has 0 fully saturated rings. The molecule has 1 unspecified atom stereocenters. The van der Waals surface area contributed by atoms with E-state index in [2.05, 4.69) is 13.0 Å². The highest BCUT2D eigenvalue weighted by molar-refractivity contribution is 5.67. The lowest BCUT2D eigenvalue weighted by Crippen LogP contribution is -2.07. The van der Waals surface area contributed by atoms with Crippen molar-refractivity contribution in [2.24, 2.45) is 5.92 Å². The number of unbranched alkanes of at least 4 members (excludes halogenated alkanes) is 1. The normalized spacial score (nSPS) is 15.7. The van der Waals surface area contributed by atoms with Gasteiger partial charge in [-0.15, -0.1) is 0 Å². The molecule has 1 aliphatic carbocycles. The summed E-state index contributed by atoms with van der Waals surface area (Å²) < 4.78 is 58.9. The molecule has 0 spiro atoms. The lowest BCUT2D eigenvalue weighted by Gasteiger charge is -2.21. The lowest BCUT2D eigenvalue weighted by molar-refractivity contribution is 0.466. The summed E-state index contributed by atoms with van der Waals surface area (Å²) in [4.78, 5) is 0. The van der Waals surface area contributed by atoms with Gasteiger partial charge in [0.1, 0.15) is 0 Å². The van der Waals surface area contributed by atoms with Gasteiger partial charge in [-0.3, -0.25) is 0 Å². The summed E-state index contributed by atoms with van der Waals surface area (Å²) in [6, 6.07) is 13.8. The van der Waals surface area contributed by atoms with Gasteiger partial charge in [0.25, 0.3) is 0 Å². The molecule has 4 heteroatoms. The summed E-state index contributed by atoms with van der Waals surface area (Å²) >= 11 is 0. The molecule has 36 heavy (non-hydrogen) atoms. The molecule has 0 N–H and O–H groups in total. The first-order valence-electron chi connectivity index (χ1n) is 13.1. The van der Waals surface area contributed by atoms with E-state index in [0.29, 0.717) is 47.4 Å². The van der Waals surface area contributed by atoms with Crippen LogP contribution in [0.3, 0.4) is 0 Å². The molecule has 0 amide bonds. The van der Waals surface area contributed by atoms with Crippen molar-refractivity contribution < 1.29 is 17.6 Å². The number of aryl methyl sites for hydroxylation is 3. The first-order chi connectivity index (χ1) is 17.4. The van der Waals surface area contributed by atoms with E-state index in [0.717, 1.165) is 49.7 Å². The molecule has 0 saturated heterocycles. The smallest absolute Gasteiger partial charge is 0.166 e. The Bertz CT molecular complexity index is 1220. The van der Waals surface area contributed by atoms with Crippen molar-refractivity contribution in [3.63, 3.8) is 0 Å². The Morgan fingerprint density at radius 2 is 1.33 bits per heavy atom. The van der Waals surface area contributed by atoms with E-state index in [1.54, 1.807) is 36.4 Å². The number of allylic oxidation sites excluding steroid dienone is 2. The summed E-state index contributed by atoms with van der Waals surface area (Å²) in [6.07, 6.45) is 9.02. The maximum absolute atomic E-state index is 14.9. The molecule has 0 nitrogen and oxygen atoms in total. The SMILES string of the molecule is CCCCc1ccc(-c2ccc(CCc3ccc(C4=CCC(CC)CC4)c(F)c3F)cc2)c(F)c1F. The fourth-order valence-electron chi connectivity index (χ4n) is 5.04. The Labute approximate surface area is 212 Å². The van der Waals surface area contributed by atoms with Crippen LogP contribution in [0.2, 0.25) is 0 Å². The van der Waals surface area contributed by atoms with Gasteiger partial charge in [0.2, 0.25) is 0 Å². The van der Waals surface area contributed by atoms with Crippen molar-refractivity contribution in [1.29, 1.82) is 0 Å². The van der Waals surface area contributed by atoms with E-state index in [4.69, 9.17) is 0 Å². The van der Waals surface area contributed by atoms with Gasteiger partial charge < -0.3 is 0 Å². The van der Waals surface area contributed by atoms with Crippen molar-refractivity contribution in [2.45, 2.75) is 71.6 Å². The Balaban J connectivity index is 1.43. The van der Waals surface area contributed by atoms with E-state index in [1.165, 1.54) is 0 Å². The molecule has 4 rings (SSSR count). The van der Waals surface area contributed by atoms with Crippen molar-refractivity contribution in [3.05, 3.63) is 100 Å². The van der Waals surface area contributed by atoms with E-state index in [-0.39, 0.29) is 5.56 Å². The predicted molar refractivity (Wildman–Crippen MR) is 140 cm³/mol. The zero-order valence-electron chi connectivity index (χ0n) is 21.1. The number of hydrogen-bond acceptors (Lipinski definition) is 0. The van der Waals surface area contributed by atoms with Crippen LogP contribution in [-0.2, 0) is 19.3 Å².